The largest absolute Gasteiger partial charge is 0.490 e. The van der Waals surface area contributed by atoms with Gasteiger partial charge in [0, 0.05) is 44.6 Å². The first-order valence-electron chi connectivity index (χ1n) is 12.5. The number of nitrogens with zero attached hydrogens (tertiary/aromatic N) is 2. The molecule has 3 saturated heterocycles. The maximum Gasteiger partial charge on any atom is 0.248 e. The van der Waals surface area contributed by atoms with Crippen molar-refractivity contribution in [1.82, 2.24) is 9.80 Å². The molecule has 1 aliphatic carbocycles. The van der Waals surface area contributed by atoms with Crippen molar-refractivity contribution in [3.63, 3.8) is 0 Å². The van der Waals surface area contributed by atoms with Gasteiger partial charge in [-0.15, -0.1) is 0 Å². The summed E-state index contributed by atoms with van der Waals surface area (Å²) >= 11 is 0. The number of morpholine rings is 2. The van der Waals surface area contributed by atoms with Crippen LogP contribution in [0.15, 0.2) is 18.2 Å². The molecule has 1 aromatic rings. The van der Waals surface area contributed by atoms with Crippen LogP contribution in [0, 0.1) is 0 Å². The molecule has 10 nitrogen and oxygen atoms in total. The molecule has 3 aliphatic heterocycles. The first-order chi connectivity index (χ1) is 17.2. The van der Waals surface area contributed by atoms with Crippen LogP contribution >= 0.6 is 0 Å². The maximum absolute atomic E-state index is 12.7. The van der Waals surface area contributed by atoms with Crippen LogP contribution in [-0.4, -0.2) is 119 Å². The lowest BCUT2D eigenvalue weighted by molar-refractivity contribution is -0.153. The summed E-state index contributed by atoms with van der Waals surface area (Å²) in [7, 11) is 0. The highest BCUT2D eigenvalue weighted by atomic mass is 16.6. The van der Waals surface area contributed by atoms with E-state index in [2.05, 4.69) is 6.07 Å². The van der Waals surface area contributed by atoms with E-state index in [1.807, 2.05) is 12.1 Å². The third-order valence-electron chi connectivity index (χ3n) is 6.87. The molecule has 192 valence electrons. The summed E-state index contributed by atoms with van der Waals surface area (Å²) in [6.45, 7) is 5.69. The third kappa shape index (κ3) is 6.50. The minimum Gasteiger partial charge on any atom is -0.490 e. The lowest BCUT2D eigenvalue weighted by Gasteiger charge is -2.35. The number of epoxide rings is 1. The third-order valence-corrected chi connectivity index (χ3v) is 6.87. The molecule has 0 saturated carbocycles. The molecule has 0 N–H and O–H groups in total. The van der Waals surface area contributed by atoms with Crippen LogP contribution in [0.3, 0.4) is 0 Å². The van der Waals surface area contributed by atoms with E-state index in [1.54, 1.807) is 9.80 Å². The molecule has 0 bridgehead atoms. The smallest absolute Gasteiger partial charge is 0.248 e. The van der Waals surface area contributed by atoms with Gasteiger partial charge in [-0.3, -0.25) is 9.59 Å². The van der Waals surface area contributed by atoms with Crippen LogP contribution in [0.1, 0.15) is 11.1 Å². The standard InChI is InChI=1S/C25H34N2O8/c28-24(26-4-8-30-9-5-26)16-34-22-12-18-2-1-3-21(33-15-19-14-32-19)20(18)13-23(22)35-17-25(29)27-6-10-31-11-7-27/h1-3,19,22-23H,4-17H2. The topological polar surface area (TPSA) is 99.3 Å². The van der Waals surface area contributed by atoms with E-state index in [4.69, 9.17) is 28.4 Å². The zero-order valence-electron chi connectivity index (χ0n) is 20.0. The average Bonchev–Trinajstić information content (AvgIpc) is 3.74. The molecule has 4 aliphatic rings. The van der Waals surface area contributed by atoms with Gasteiger partial charge in [0.2, 0.25) is 11.8 Å². The molecule has 0 aromatic heterocycles. The van der Waals surface area contributed by atoms with Crippen molar-refractivity contribution in [1.29, 1.82) is 0 Å². The van der Waals surface area contributed by atoms with Gasteiger partial charge in [0.05, 0.1) is 45.2 Å². The SMILES string of the molecule is O=C(COC1Cc2cccc(OCC3CO3)c2CC1OCC(=O)N1CCOCC1)N1CCOCC1. The number of benzene rings is 1. The summed E-state index contributed by atoms with van der Waals surface area (Å²) in [5.74, 6) is 0.704. The first kappa shape index (κ1) is 24.5. The van der Waals surface area contributed by atoms with Crippen molar-refractivity contribution in [2.45, 2.75) is 31.2 Å². The lowest BCUT2D eigenvalue weighted by Crippen LogP contribution is -2.47. The van der Waals surface area contributed by atoms with Crippen LogP contribution < -0.4 is 4.74 Å². The van der Waals surface area contributed by atoms with Crippen LogP contribution in [0.2, 0.25) is 0 Å². The fourth-order valence-corrected chi connectivity index (χ4v) is 4.69. The second-order valence-corrected chi connectivity index (χ2v) is 9.25. The van der Waals surface area contributed by atoms with Crippen LogP contribution in [0.4, 0.5) is 0 Å². The highest BCUT2D eigenvalue weighted by Gasteiger charge is 2.34. The Balaban J connectivity index is 1.25. The Morgan fingerprint density at radius 3 is 2.00 bits per heavy atom. The summed E-state index contributed by atoms with van der Waals surface area (Å²) in [5, 5.41) is 0. The molecular formula is C25H34N2O8. The van der Waals surface area contributed by atoms with Crippen molar-refractivity contribution < 1.29 is 38.0 Å². The van der Waals surface area contributed by atoms with Crippen molar-refractivity contribution >= 4 is 11.8 Å². The Labute approximate surface area is 205 Å². The van der Waals surface area contributed by atoms with E-state index in [-0.39, 0.29) is 43.3 Å². The normalized spacial score (nSPS) is 26.2. The first-order valence-corrected chi connectivity index (χ1v) is 12.5. The molecule has 3 heterocycles. The molecule has 2 amide bonds. The molecule has 35 heavy (non-hydrogen) atoms. The van der Waals surface area contributed by atoms with Gasteiger partial charge in [0.15, 0.2) is 0 Å². The van der Waals surface area contributed by atoms with Gasteiger partial charge >= 0.3 is 0 Å². The Morgan fingerprint density at radius 1 is 0.857 bits per heavy atom. The van der Waals surface area contributed by atoms with Gasteiger partial charge in [0.1, 0.15) is 31.7 Å². The summed E-state index contributed by atoms with van der Waals surface area (Å²) in [6, 6.07) is 5.99. The molecule has 10 heteroatoms. The minimum atomic E-state index is -0.369. The van der Waals surface area contributed by atoms with Crippen LogP contribution in [0.5, 0.6) is 5.75 Å². The van der Waals surface area contributed by atoms with Crippen molar-refractivity contribution in [3.05, 3.63) is 29.3 Å². The van der Waals surface area contributed by atoms with Gasteiger partial charge in [-0.1, -0.05) is 12.1 Å². The Morgan fingerprint density at radius 2 is 1.43 bits per heavy atom. The summed E-state index contributed by atoms with van der Waals surface area (Å²) < 4.78 is 34.3. The molecular weight excluding hydrogens is 456 g/mol. The number of ether oxygens (including phenoxy) is 6. The van der Waals surface area contributed by atoms with Crippen LogP contribution in [-0.2, 0) is 46.1 Å². The van der Waals surface area contributed by atoms with E-state index in [1.165, 1.54) is 0 Å². The summed E-state index contributed by atoms with van der Waals surface area (Å²) in [5.41, 5.74) is 2.18. The average molecular weight is 491 g/mol. The fraction of sp³-hybridized carbons (Fsp3) is 0.680. The number of carbonyl (C=O) groups is 2. The second-order valence-electron chi connectivity index (χ2n) is 9.25. The summed E-state index contributed by atoms with van der Waals surface area (Å²) in [4.78, 5) is 28.9. The van der Waals surface area contributed by atoms with Gasteiger partial charge in [0.25, 0.3) is 0 Å². The predicted molar refractivity (Wildman–Crippen MR) is 123 cm³/mol. The molecule has 0 spiro atoms. The van der Waals surface area contributed by atoms with E-state index in [0.717, 1.165) is 23.5 Å². The van der Waals surface area contributed by atoms with Crippen LogP contribution in [0.25, 0.3) is 0 Å². The van der Waals surface area contributed by atoms with Gasteiger partial charge in [-0.05, 0) is 11.6 Å². The Hall–Kier alpha value is -2.24. The van der Waals surface area contributed by atoms with E-state index >= 15 is 0 Å². The van der Waals surface area contributed by atoms with Gasteiger partial charge < -0.3 is 38.2 Å². The number of hydrogen-bond donors (Lipinski definition) is 0. The van der Waals surface area contributed by atoms with Gasteiger partial charge in [-0.2, -0.15) is 0 Å². The molecule has 3 unspecified atom stereocenters. The molecule has 1 aromatic carbocycles. The quantitative estimate of drug-likeness (QED) is 0.448. The van der Waals surface area contributed by atoms with Crippen molar-refractivity contribution in [2.24, 2.45) is 0 Å². The molecule has 3 fully saturated rings. The zero-order chi connectivity index (χ0) is 24.0. The minimum absolute atomic E-state index is 0.0213. The molecule has 3 atom stereocenters. The monoisotopic (exact) mass is 490 g/mol. The number of carbonyl (C=O) groups excluding carboxylic acids is 2. The lowest BCUT2D eigenvalue weighted by atomic mass is 9.87. The highest BCUT2D eigenvalue weighted by molar-refractivity contribution is 5.78. The predicted octanol–water partition coefficient (Wildman–Crippen LogP) is 0.0508. The van der Waals surface area contributed by atoms with Crippen molar-refractivity contribution in [2.75, 3.05) is 79.0 Å². The molecule has 5 rings (SSSR count). The number of amides is 2. The van der Waals surface area contributed by atoms with Gasteiger partial charge in [-0.25, -0.2) is 0 Å². The second kappa shape index (κ2) is 11.7. The fourth-order valence-electron chi connectivity index (χ4n) is 4.69. The van der Waals surface area contributed by atoms with E-state index < -0.39 is 0 Å². The van der Waals surface area contributed by atoms with E-state index in [0.29, 0.717) is 72.1 Å². The summed E-state index contributed by atoms with van der Waals surface area (Å²) in [6.07, 6.45) is 0.581. The number of hydrogen-bond acceptors (Lipinski definition) is 8. The van der Waals surface area contributed by atoms with E-state index in [9.17, 15) is 9.59 Å². The number of rotatable bonds is 9. The maximum atomic E-state index is 12.7. The Bertz CT molecular complexity index is 880. The highest BCUT2D eigenvalue weighted by Crippen LogP contribution is 2.33. The number of fused-ring (bicyclic) bond motifs is 1. The van der Waals surface area contributed by atoms with Crippen molar-refractivity contribution in [3.8, 4) is 5.75 Å². The zero-order valence-corrected chi connectivity index (χ0v) is 20.0. The molecule has 0 radical (unpaired) electrons. The Kier molecular flexibility index (Phi) is 8.15.